The SMILES string of the molecule is CC(=O)CC1CCC(C(C)C)C1. The molecule has 0 aromatic rings. The lowest BCUT2D eigenvalue weighted by atomic mass is 9.92. The molecule has 1 heteroatoms. The molecule has 1 fully saturated rings. The molecule has 70 valence electrons. The zero-order valence-electron chi connectivity index (χ0n) is 8.47. The van der Waals surface area contributed by atoms with Crippen LogP contribution in [0.1, 0.15) is 46.5 Å². The maximum absolute atomic E-state index is 10.9. The largest absolute Gasteiger partial charge is 0.300 e. The monoisotopic (exact) mass is 168 g/mol. The Bertz CT molecular complexity index is 160. The summed E-state index contributed by atoms with van der Waals surface area (Å²) in [7, 11) is 0. The van der Waals surface area contributed by atoms with Crippen molar-refractivity contribution in [3.63, 3.8) is 0 Å². The molecule has 1 rings (SSSR count). The summed E-state index contributed by atoms with van der Waals surface area (Å²) in [6.45, 7) is 6.30. The minimum atomic E-state index is 0.365. The van der Waals surface area contributed by atoms with Crippen LogP contribution in [0.25, 0.3) is 0 Å². The average Bonchev–Trinajstić information content (AvgIpc) is 2.34. The number of ketones is 1. The molecule has 0 aliphatic heterocycles. The second-order valence-corrected chi connectivity index (χ2v) is 4.59. The summed E-state index contributed by atoms with van der Waals surface area (Å²) in [4.78, 5) is 10.9. The van der Waals surface area contributed by atoms with Crippen molar-refractivity contribution < 1.29 is 4.79 Å². The van der Waals surface area contributed by atoms with Crippen LogP contribution in [0.5, 0.6) is 0 Å². The molecule has 1 saturated carbocycles. The van der Waals surface area contributed by atoms with Crippen LogP contribution in [-0.2, 0) is 4.79 Å². The maximum Gasteiger partial charge on any atom is 0.130 e. The summed E-state index contributed by atoms with van der Waals surface area (Å²) >= 11 is 0. The number of hydrogen-bond acceptors (Lipinski definition) is 1. The second kappa shape index (κ2) is 4.06. The molecule has 0 N–H and O–H groups in total. The molecule has 0 bridgehead atoms. The molecule has 0 spiro atoms. The Morgan fingerprint density at radius 2 is 2.08 bits per heavy atom. The van der Waals surface area contributed by atoms with Crippen molar-refractivity contribution in [2.24, 2.45) is 17.8 Å². The average molecular weight is 168 g/mol. The van der Waals surface area contributed by atoms with E-state index in [1.54, 1.807) is 6.92 Å². The lowest BCUT2D eigenvalue weighted by molar-refractivity contribution is -0.117. The fraction of sp³-hybridized carbons (Fsp3) is 0.909. The fourth-order valence-corrected chi connectivity index (χ4v) is 2.31. The zero-order valence-corrected chi connectivity index (χ0v) is 8.47. The highest BCUT2D eigenvalue weighted by atomic mass is 16.1. The molecule has 2 atom stereocenters. The normalized spacial score (nSPS) is 29.7. The van der Waals surface area contributed by atoms with Crippen LogP contribution in [0.15, 0.2) is 0 Å². The summed E-state index contributed by atoms with van der Waals surface area (Å²) in [6.07, 6.45) is 4.73. The molecule has 12 heavy (non-hydrogen) atoms. The Morgan fingerprint density at radius 1 is 1.42 bits per heavy atom. The molecule has 0 amide bonds. The van der Waals surface area contributed by atoms with Gasteiger partial charge in [0.15, 0.2) is 0 Å². The molecular formula is C11H20O. The van der Waals surface area contributed by atoms with Crippen LogP contribution in [0, 0.1) is 17.8 Å². The van der Waals surface area contributed by atoms with E-state index in [1.165, 1.54) is 19.3 Å². The first-order valence-electron chi connectivity index (χ1n) is 5.09. The van der Waals surface area contributed by atoms with E-state index >= 15 is 0 Å². The van der Waals surface area contributed by atoms with Crippen LogP contribution in [-0.4, -0.2) is 5.78 Å². The minimum absolute atomic E-state index is 0.365. The maximum atomic E-state index is 10.9. The summed E-state index contributed by atoms with van der Waals surface area (Å²) in [6, 6.07) is 0. The van der Waals surface area contributed by atoms with Gasteiger partial charge in [-0.25, -0.2) is 0 Å². The highest BCUT2D eigenvalue weighted by Crippen LogP contribution is 2.37. The number of hydrogen-bond donors (Lipinski definition) is 0. The van der Waals surface area contributed by atoms with E-state index in [4.69, 9.17) is 0 Å². The van der Waals surface area contributed by atoms with Gasteiger partial charge < -0.3 is 4.79 Å². The second-order valence-electron chi connectivity index (χ2n) is 4.59. The van der Waals surface area contributed by atoms with Gasteiger partial charge in [0.05, 0.1) is 0 Å². The first-order valence-corrected chi connectivity index (χ1v) is 5.09. The van der Waals surface area contributed by atoms with E-state index in [9.17, 15) is 4.79 Å². The van der Waals surface area contributed by atoms with Gasteiger partial charge in [-0.3, -0.25) is 0 Å². The molecule has 0 aromatic carbocycles. The topological polar surface area (TPSA) is 17.1 Å². The van der Waals surface area contributed by atoms with Crippen LogP contribution < -0.4 is 0 Å². The van der Waals surface area contributed by atoms with Gasteiger partial charge in [0, 0.05) is 6.42 Å². The number of rotatable bonds is 3. The van der Waals surface area contributed by atoms with Crippen molar-refractivity contribution in [2.75, 3.05) is 0 Å². The Balaban J connectivity index is 2.30. The van der Waals surface area contributed by atoms with E-state index < -0.39 is 0 Å². The van der Waals surface area contributed by atoms with Gasteiger partial charge in [0.2, 0.25) is 0 Å². The van der Waals surface area contributed by atoms with Gasteiger partial charge in [-0.15, -0.1) is 0 Å². The molecule has 1 aliphatic rings. The number of carbonyl (C=O) groups excluding carboxylic acids is 1. The molecule has 1 nitrogen and oxygen atoms in total. The lowest BCUT2D eigenvalue weighted by Crippen LogP contribution is -2.06. The summed E-state index contributed by atoms with van der Waals surface area (Å²) in [5, 5.41) is 0. The fourth-order valence-electron chi connectivity index (χ4n) is 2.31. The first-order chi connectivity index (χ1) is 5.59. The molecule has 0 radical (unpaired) electrons. The molecule has 0 saturated heterocycles. The van der Waals surface area contributed by atoms with Crippen molar-refractivity contribution in [2.45, 2.75) is 46.5 Å². The third-order valence-electron chi connectivity index (χ3n) is 3.10. The van der Waals surface area contributed by atoms with Crippen LogP contribution in [0.4, 0.5) is 0 Å². The Labute approximate surface area is 75.5 Å². The molecule has 1 aliphatic carbocycles. The van der Waals surface area contributed by atoms with E-state index in [2.05, 4.69) is 13.8 Å². The van der Waals surface area contributed by atoms with Crippen LogP contribution >= 0.6 is 0 Å². The molecule has 0 heterocycles. The summed E-state index contributed by atoms with van der Waals surface area (Å²) < 4.78 is 0. The van der Waals surface area contributed by atoms with Gasteiger partial charge >= 0.3 is 0 Å². The van der Waals surface area contributed by atoms with Crippen LogP contribution in [0.2, 0.25) is 0 Å². The van der Waals surface area contributed by atoms with Crippen molar-refractivity contribution in [1.29, 1.82) is 0 Å². The van der Waals surface area contributed by atoms with Gasteiger partial charge in [0.25, 0.3) is 0 Å². The Hall–Kier alpha value is -0.330. The van der Waals surface area contributed by atoms with Crippen molar-refractivity contribution in [1.82, 2.24) is 0 Å². The predicted octanol–water partition coefficient (Wildman–Crippen LogP) is 3.04. The lowest BCUT2D eigenvalue weighted by Gasteiger charge is -2.13. The summed E-state index contributed by atoms with van der Waals surface area (Å²) in [5.41, 5.74) is 0. The molecular weight excluding hydrogens is 148 g/mol. The Kier molecular flexibility index (Phi) is 3.30. The van der Waals surface area contributed by atoms with E-state index in [0.29, 0.717) is 11.7 Å². The third kappa shape index (κ3) is 2.62. The highest BCUT2D eigenvalue weighted by molar-refractivity contribution is 5.75. The van der Waals surface area contributed by atoms with Gasteiger partial charge in [-0.2, -0.15) is 0 Å². The van der Waals surface area contributed by atoms with E-state index in [1.807, 2.05) is 0 Å². The summed E-state index contributed by atoms with van der Waals surface area (Å²) in [5.74, 6) is 2.76. The quantitative estimate of drug-likeness (QED) is 0.633. The smallest absolute Gasteiger partial charge is 0.130 e. The number of carbonyl (C=O) groups is 1. The zero-order chi connectivity index (χ0) is 9.14. The molecule has 0 aromatic heterocycles. The minimum Gasteiger partial charge on any atom is -0.300 e. The van der Waals surface area contributed by atoms with E-state index in [0.717, 1.165) is 18.3 Å². The number of Topliss-reactive ketones (excluding diaryl/α,β-unsaturated/α-hetero) is 1. The predicted molar refractivity (Wildman–Crippen MR) is 51.0 cm³/mol. The standard InChI is InChI=1S/C11H20O/c1-8(2)11-5-4-10(7-11)6-9(3)12/h8,10-11H,4-7H2,1-3H3. The van der Waals surface area contributed by atoms with Crippen LogP contribution in [0.3, 0.4) is 0 Å². The third-order valence-corrected chi connectivity index (χ3v) is 3.10. The van der Waals surface area contributed by atoms with Crippen molar-refractivity contribution >= 4 is 5.78 Å². The Morgan fingerprint density at radius 3 is 2.50 bits per heavy atom. The van der Waals surface area contributed by atoms with E-state index in [-0.39, 0.29) is 0 Å². The van der Waals surface area contributed by atoms with Gasteiger partial charge in [-0.05, 0) is 43.9 Å². The van der Waals surface area contributed by atoms with Crippen molar-refractivity contribution in [3.05, 3.63) is 0 Å². The highest BCUT2D eigenvalue weighted by Gasteiger charge is 2.27. The molecule has 2 unspecified atom stereocenters. The first kappa shape index (κ1) is 9.76. The van der Waals surface area contributed by atoms with Gasteiger partial charge in [0.1, 0.15) is 5.78 Å². The van der Waals surface area contributed by atoms with Gasteiger partial charge in [-0.1, -0.05) is 13.8 Å². The van der Waals surface area contributed by atoms with Crippen molar-refractivity contribution in [3.8, 4) is 0 Å².